The molecule has 0 atom stereocenters. The maximum Gasteiger partial charge on any atom is 0.130 e. The predicted octanol–water partition coefficient (Wildman–Crippen LogP) is 2.58. The van der Waals surface area contributed by atoms with Crippen molar-refractivity contribution in [3.05, 3.63) is 54.1 Å². The van der Waals surface area contributed by atoms with Crippen LogP contribution in [0.5, 0.6) is 11.5 Å². The highest BCUT2D eigenvalue weighted by atomic mass is 16.5. The molecule has 2 radical (unpaired) electrons. The molecule has 1 nitrogen and oxygen atoms in total. The number of rotatable bonds is 2. The summed E-state index contributed by atoms with van der Waals surface area (Å²) in [4.78, 5) is 0. The Labute approximate surface area is 91.1 Å². The van der Waals surface area contributed by atoms with Gasteiger partial charge in [-0.1, -0.05) is 41.9 Å². The van der Waals surface area contributed by atoms with E-state index in [0.29, 0.717) is 11.2 Å². The first-order valence-corrected chi connectivity index (χ1v) is 4.85. The van der Waals surface area contributed by atoms with E-state index in [9.17, 15) is 0 Å². The van der Waals surface area contributed by atoms with Crippen LogP contribution in [0.4, 0.5) is 0 Å². The molecule has 0 fully saturated rings. The molecule has 0 aliphatic carbocycles. The Hall–Kier alpha value is -1.70. The minimum absolute atomic E-state index is 0.653. The number of hydrogen-bond acceptors (Lipinski definition) is 1. The lowest BCUT2D eigenvalue weighted by molar-refractivity contribution is 0.483. The first kappa shape index (κ1) is 9.84. The fourth-order valence-electron chi connectivity index (χ4n) is 1.36. The monoisotopic (exact) mass is 194 g/mol. The second-order valence-corrected chi connectivity index (χ2v) is 3.41. The molecule has 2 rings (SSSR count). The van der Waals surface area contributed by atoms with Crippen molar-refractivity contribution in [2.75, 3.05) is 0 Å². The molecule has 0 aromatic heterocycles. The van der Waals surface area contributed by atoms with E-state index < -0.39 is 0 Å². The normalized spacial score (nSPS) is 9.93. The minimum atomic E-state index is 0.653. The van der Waals surface area contributed by atoms with Gasteiger partial charge >= 0.3 is 0 Å². The van der Waals surface area contributed by atoms with E-state index >= 15 is 0 Å². The number of benzene rings is 2. The molecule has 0 aliphatic heterocycles. The summed E-state index contributed by atoms with van der Waals surface area (Å²) in [6.45, 7) is 2.01. The summed E-state index contributed by atoms with van der Waals surface area (Å²) < 4.78 is 5.71. The first-order chi connectivity index (χ1) is 7.27. The Morgan fingerprint density at radius 3 is 2.13 bits per heavy atom. The van der Waals surface area contributed by atoms with Crippen molar-refractivity contribution in [1.29, 1.82) is 0 Å². The van der Waals surface area contributed by atoms with Crippen molar-refractivity contribution in [2.24, 2.45) is 0 Å². The number of aryl methyl sites for hydroxylation is 1. The van der Waals surface area contributed by atoms with Gasteiger partial charge in [0.2, 0.25) is 0 Å². The average Bonchev–Trinajstić information content (AvgIpc) is 2.24. The molecule has 0 spiro atoms. The summed E-state index contributed by atoms with van der Waals surface area (Å²) in [6.07, 6.45) is 0. The fraction of sp³-hybridized carbons (Fsp3) is 0.0769. The van der Waals surface area contributed by atoms with Gasteiger partial charge in [-0.05, 0) is 24.6 Å². The third-order valence-electron chi connectivity index (χ3n) is 2.23. The molecule has 2 aromatic carbocycles. The Balaban J connectivity index is 2.30. The zero-order valence-corrected chi connectivity index (χ0v) is 8.60. The first-order valence-electron chi connectivity index (χ1n) is 4.85. The lowest BCUT2D eigenvalue weighted by Crippen LogP contribution is -2.05. The minimum Gasteiger partial charge on any atom is -0.458 e. The van der Waals surface area contributed by atoms with E-state index in [1.807, 2.05) is 55.5 Å². The van der Waals surface area contributed by atoms with Crippen LogP contribution in [-0.2, 0) is 0 Å². The zero-order chi connectivity index (χ0) is 10.7. The van der Waals surface area contributed by atoms with Crippen LogP contribution in [0, 0.1) is 6.92 Å². The van der Waals surface area contributed by atoms with Gasteiger partial charge in [0.15, 0.2) is 0 Å². The van der Waals surface area contributed by atoms with Crippen LogP contribution in [0.2, 0.25) is 0 Å². The highest BCUT2D eigenvalue weighted by molar-refractivity contribution is 6.34. The average molecular weight is 194 g/mol. The van der Waals surface area contributed by atoms with Gasteiger partial charge in [-0.25, -0.2) is 0 Å². The zero-order valence-electron chi connectivity index (χ0n) is 8.60. The van der Waals surface area contributed by atoms with Crippen molar-refractivity contribution in [1.82, 2.24) is 0 Å². The van der Waals surface area contributed by atoms with Crippen molar-refractivity contribution >= 4 is 13.3 Å². The van der Waals surface area contributed by atoms with Gasteiger partial charge in [-0.3, -0.25) is 0 Å². The quantitative estimate of drug-likeness (QED) is 0.667. The van der Waals surface area contributed by atoms with Crippen molar-refractivity contribution in [3.63, 3.8) is 0 Å². The van der Waals surface area contributed by atoms with Crippen LogP contribution in [0.25, 0.3) is 0 Å². The second-order valence-electron chi connectivity index (χ2n) is 3.41. The van der Waals surface area contributed by atoms with Crippen LogP contribution >= 0.6 is 0 Å². The van der Waals surface area contributed by atoms with E-state index in [-0.39, 0.29) is 0 Å². The molecule has 2 aromatic rings. The maximum atomic E-state index is 5.79. The SMILES string of the molecule is [B]c1ccccc1Oc1ccccc1C. The van der Waals surface area contributed by atoms with Crippen LogP contribution in [-0.4, -0.2) is 7.85 Å². The molecular weight excluding hydrogens is 183 g/mol. The molecule has 0 heterocycles. The smallest absolute Gasteiger partial charge is 0.130 e. The number of hydrogen-bond donors (Lipinski definition) is 0. The van der Waals surface area contributed by atoms with Crippen LogP contribution in [0.3, 0.4) is 0 Å². The Bertz CT molecular complexity index is 422. The van der Waals surface area contributed by atoms with Gasteiger partial charge in [0.25, 0.3) is 0 Å². The highest BCUT2D eigenvalue weighted by Gasteiger charge is 2.01. The van der Waals surface area contributed by atoms with Gasteiger partial charge in [0.05, 0.1) is 0 Å². The topological polar surface area (TPSA) is 9.23 Å². The summed E-state index contributed by atoms with van der Waals surface area (Å²) >= 11 is 0. The third-order valence-corrected chi connectivity index (χ3v) is 2.23. The lowest BCUT2D eigenvalue weighted by atomic mass is 9.95. The summed E-state index contributed by atoms with van der Waals surface area (Å²) in [5.41, 5.74) is 1.75. The molecule has 0 saturated carbocycles. The van der Waals surface area contributed by atoms with E-state index in [2.05, 4.69) is 0 Å². The van der Waals surface area contributed by atoms with Crippen LogP contribution < -0.4 is 10.2 Å². The van der Waals surface area contributed by atoms with E-state index in [0.717, 1.165) is 11.3 Å². The Morgan fingerprint density at radius 1 is 0.867 bits per heavy atom. The molecule has 0 bridgehead atoms. The molecule has 2 heteroatoms. The number of ether oxygens (including phenoxy) is 1. The molecule has 0 amide bonds. The van der Waals surface area contributed by atoms with E-state index in [1.165, 1.54) is 0 Å². The summed E-state index contributed by atoms with van der Waals surface area (Å²) in [5, 5.41) is 0. The van der Waals surface area contributed by atoms with Gasteiger partial charge < -0.3 is 4.74 Å². The highest BCUT2D eigenvalue weighted by Crippen LogP contribution is 2.22. The van der Waals surface area contributed by atoms with Crippen LogP contribution in [0.15, 0.2) is 48.5 Å². The lowest BCUT2D eigenvalue weighted by Gasteiger charge is -2.10. The van der Waals surface area contributed by atoms with Crippen LogP contribution in [0.1, 0.15) is 5.56 Å². The molecule has 15 heavy (non-hydrogen) atoms. The molecule has 0 saturated heterocycles. The van der Waals surface area contributed by atoms with Gasteiger partial charge in [-0.2, -0.15) is 0 Å². The fourth-order valence-corrected chi connectivity index (χ4v) is 1.36. The summed E-state index contributed by atoms with van der Waals surface area (Å²) in [7, 11) is 5.79. The van der Waals surface area contributed by atoms with Gasteiger partial charge in [0, 0.05) is 0 Å². The van der Waals surface area contributed by atoms with Crippen molar-refractivity contribution in [2.45, 2.75) is 6.92 Å². The maximum absolute atomic E-state index is 5.79. The third kappa shape index (κ3) is 2.21. The largest absolute Gasteiger partial charge is 0.458 e. The Kier molecular flexibility index (Phi) is 2.77. The van der Waals surface area contributed by atoms with Crippen molar-refractivity contribution in [3.8, 4) is 11.5 Å². The standard InChI is InChI=1S/C13H11BO/c1-10-6-2-4-8-12(10)15-13-9-5-3-7-11(13)14/h2-9H,1H3. The molecular formula is C13H11BO. The molecule has 72 valence electrons. The molecule has 0 aliphatic rings. The van der Waals surface area contributed by atoms with Gasteiger partial charge in [-0.15, -0.1) is 0 Å². The predicted molar refractivity (Wildman–Crippen MR) is 63.1 cm³/mol. The molecule has 0 unspecified atom stereocenters. The number of para-hydroxylation sites is 2. The summed E-state index contributed by atoms with van der Waals surface area (Å²) in [5.74, 6) is 1.54. The van der Waals surface area contributed by atoms with E-state index in [4.69, 9.17) is 12.6 Å². The van der Waals surface area contributed by atoms with E-state index in [1.54, 1.807) is 0 Å². The Morgan fingerprint density at radius 2 is 1.47 bits per heavy atom. The van der Waals surface area contributed by atoms with Gasteiger partial charge in [0.1, 0.15) is 19.3 Å². The summed E-state index contributed by atoms with van der Waals surface area (Å²) in [6, 6.07) is 15.4. The van der Waals surface area contributed by atoms with Crippen molar-refractivity contribution < 1.29 is 4.74 Å². The second kappa shape index (κ2) is 4.22. The molecule has 0 N–H and O–H groups in total.